The minimum Gasteiger partial charge on any atom is -0.497 e. The van der Waals surface area contributed by atoms with Gasteiger partial charge in [0.05, 0.1) is 37.0 Å². The third-order valence-corrected chi connectivity index (χ3v) is 8.40. The van der Waals surface area contributed by atoms with Crippen molar-refractivity contribution in [2.24, 2.45) is 23.5 Å². The van der Waals surface area contributed by atoms with Gasteiger partial charge in [-0.25, -0.2) is 26.5 Å². The van der Waals surface area contributed by atoms with Crippen LogP contribution in [0.15, 0.2) is 72.8 Å². The smallest absolute Gasteiger partial charge is 0.357 e. The lowest BCUT2D eigenvalue weighted by molar-refractivity contribution is -0.144. The molecule has 280 valence electrons. The maximum Gasteiger partial charge on any atom is 0.357 e. The van der Waals surface area contributed by atoms with Gasteiger partial charge in [0, 0.05) is 24.3 Å². The molecule has 0 aromatic heterocycles. The predicted molar refractivity (Wildman–Crippen MR) is 199 cm³/mol. The number of nitrogens with two attached hydrogens (primary N) is 3. The molecule has 0 aliphatic heterocycles. The fourth-order valence-corrected chi connectivity index (χ4v) is 5.12. The van der Waals surface area contributed by atoms with E-state index >= 15 is 0 Å². The minimum atomic E-state index is -1.14. The average molecular weight is 719 g/mol. The van der Waals surface area contributed by atoms with Crippen molar-refractivity contribution in [1.29, 1.82) is 0 Å². The van der Waals surface area contributed by atoms with Crippen molar-refractivity contribution in [2.75, 3.05) is 48.6 Å². The average Bonchev–Trinajstić information content (AvgIpc) is 3.13. The number of hydrazine groups is 2. The van der Waals surface area contributed by atoms with E-state index in [-0.39, 0.29) is 43.3 Å². The molecular formula is C37H50N8O7. The maximum atomic E-state index is 13.8. The van der Waals surface area contributed by atoms with Crippen molar-refractivity contribution < 1.29 is 33.5 Å². The minimum absolute atomic E-state index is 0.145. The van der Waals surface area contributed by atoms with E-state index in [1.165, 1.54) is 23.0 Å². The monoisotopic (exact) mass is 718 g/mol. The first kappa shape index (κ1) is 40.9. The predicted octanol–water partition coefficient (Wildman–Crippen LogP) is 3.77. The second-order valence-electron chi connectivity index (χ2n) is 13.2. The number of benzene rings is 3. The van der Waals surface area contributed by atoms with Crippen molar-refractivity contribution in [3.63, 3.8) is 0 Å². The number of hydrogen-bond acceptors (Lipinski definition) is 11. The van der Waals surface area contributed by atoms with Crippen LogP contribution >= 0.6 is 0 Å². The lowest BCUT2D eigenvalue weighted by atomic mass is 9.97. The number of ketones is 1. The summed E-state index contributed by atoms with van der Waals surface area (Å²) < 4.78 is 5.24. The maximum absolute atomic E-state index is 13.8. The molecule has 0 aliphatic carbocycles. The molecular weight excluding hydrogens is 668 g/mol. The quantitative estimate of drug-likeness (QED) is 0.0898. The van der Waals surface area contributed by atoms with Gasteiger partial charge in [-0.15, -0.1) is 0 Å². The Labute approximate surface area is 304 Å². The van der Waals surface area contributed by atoms with Gasteiger partial charge in [0.15, 0.2) is 5.78 Å². The molecule has 0 bridgehead atoms. The highest BCUT2D eigenvalue weighted by Crippen LogP contribution is 2.23. The van der Waals surface area contributed by atoms with E-state index in [0.717, 1.165) is 15.6 Å². The number of hydrogen-bond donors (Lipinski definition) is 4. The highest BCUT2D eigenvalue weighted by Gasteiger charge is 2.32. The van der Waals surface area contributed by atoms with E-state index in [2.05, 4.69) is 10.2 Å². The first-order valence-corrected chi connectivity index (χ1v) is 16.8. The van der Waals surface area contributed by atoms with E-state index < -0.39 is 35.9 Å². The van der Waals surface area contributed by atoms with Crippen LogP contribution in [-0.4, -0.2) is 78.2 Å². The molecule has 0 saturated carbocycles. The fraction of sp³-hybridized carbons (Fsp3) is 0.378. The van der Waals surface area contributed by atoms with Crippen molar-refractivity contribution in [3.05, 3.63) is 83.9 Å². The number of carbonyl (C=O) groups is 5. The van der Waals surface area contributed by atoms with Gasteiger partial charge >= 0.3 is 12.0 Å². The first-order chi connectivity index (χ1) is 24.6. The van der Waals surface area contributed by atoms with Gasteiger partial charge in [0.1, 0.15) is 12.3 Å². The Bertz CT molecular complexity index is 1710. The summed E-state index contributed by atoms with van der Waals surface area (Å²) in [6, 6.07) is 19.5. The van der Waals surface area contributed by atoms with Crippen LogP contribution < -0.4 is 37.7 Å². The summed E-state index contributed by atoms with van der Waals surface area (Å²) in [4.78, 5) is 72.9. The molecule has 0 aliphatic rings. The van der Waals surface area contributed by atoms with E-state index in [4.69, 9.17) is 22.3 Å². The number of carbonyl (C=O) groups excluding carboxylic acids is 5. The van der Waals surface area contributed by atoms with Crippen LogP contribution in [0, 0.1) is 12.8 Å². The molecule has 15 heteroatoms. The van der Waals surface area contributed by atoms with Crippen LogP contribution in [0.1, 0.15) is 56.5 Å². The van der Waals surface area contributed by atoms with Gasteiger partial charge in [-0.3, -0.25) is 19.2 Å². The van der Waals surface area contributed by atoms with Gasteiger partial charge < -0.3 is 24.7 Å². The molecule has 0 saturated heterocycles. The molecule has 0 atom stereocenters. The van der Waals surface area contributed by atoms with Crippen molar-refractivity contribution >= 4 is 46.7 Å². The van der Waals surface area contributed by atoms with Crippen molar-refractivity contribution in [1.82, 2.24) is 9.80 Å². The van der Waals surface area contributed by atoms with Crippen molar-refractivity contribution in [3.8, 4) is 5.75 Å². The van der Waals surface area contributed by atoms with Crippen molar-refractivity contribution in [2.45, 2.75) is 53.0 Å². The third-order valence-electron chi connectivity index (χ3n) is 8.40. The Balaban J connectivity index is 1.74. The summed E-state index contributed by atoms with van der Waals surface area (Å²) in [5, 5.41) is 5.10. The lowest BCUT2D eigenvalue weighted by Crippen LogP contribution is -2.51. The molecule has 0 radical (unpaired) electrons. The van der Waals surface area contributed by atoms with Crippen LogP contribution in [0.4, 0.5) is 21.9 Å². The highest BCUT2D eigenvalue weighted by molar-refractivity contribution is 6.02. The van der Waals surface area contributed by atoms with E-state index in [0.29, 0.717) is 29.2 Å². The third kappa shape index (κ3) is 11.2. The molecule has 15 nitrogen and oxygen atoms in total. The molecule has 0 heterocycles. The van der Waals surface area contributed by atoms with Gasteiger partial charge in [-0.1, -0.05) is 38.1 Å². The summed E-state index contributed by atoms with van der Waals surface area (Å²) in [5.41, 5.74) is 1.35. The molecule has 4 amide bonds. The number of para-hydroxylation sites is 1. The SMILES string of the molecule is COc1cccc(C(=O)N(CCC(=O)ON)CC(=O)N(CCC(C)C)CC(=O)C(C)(C)Nc2ccc(N(N)C(=O)N(N)c3ccccc3C)cc2)c1. The zero-order valence-corrected chi connectivity index (χ0v) is 30.6. The molecule has 7 N–H and O–H groups in total. The highest BCUT2D eigenvalue weighted by atomic mass is 16.7. The Hall–Kier alpha value is -5.51. The summed E-state index contributed by atoms with van der Waals surface area (Å²) in [6.07, 6.45) is 0.365. The lowest BCUT2D eigenvalue weighted by Gasteiger charge is -2.32. The zero-order valence-electron chi connectivity index (χ0n) is 30.6. The fourth-order valence-electron chi connectivity index (χ4n) is 5.12. The molecule has 0 fully saturated rings. The second kappa shape index (κ2) is 18.6. The number of nitrogens with one attached hydrogen (secondary N) is 1. The number of amides is 4. The second-order valence-corrected chi connectivity index (χ2v) is 13.2. The number of anilines is 3. The molecule has 3 aromatic rings. The van der Waals surface area contributed by atoms with Crippen LogP contribution in [0.2, 0.25) is 0 Å². The number of urea groups is 1. The van der Waals surface area contributed by atoms with Crippen LogP contribution in [-0.2, 0) is 19.2 Å². The molecule has 3 aromatic carbocycles. The van der Waals surface area contributed by atoms with Gasteiger partial charge in [0.25, 0.3) is 5.91 Å². The number of nitrogens with zero attached hydrogens (tertiary/aromatic N) is 4. The van der Waals surface area contributed by atoms with Gasteiger partial charge in [0.2, 0.25) is 5.91 Å². The molecule has 0 spiro atoms. The number of aryl methyl sites for hydroxylation is 1. The van der Waals surface area contributed by atoms with Crippen LogP contribution in [0.3, 0.4) is 0 Å². The standard InChI is InChI=1S/C37H50N8O7/c1-25(2)18-20-42(33(47)24-43(21-19-34(48)52-40)35(49)27-11-9-12-30(22-27)51-6)23-32(46)37(4,5)41-28-14-16-29(17-15-28)44(38)36(50)45(39)31-13-8-7-10-26(31)3/h7-17,22,25,41H,18-21,23-24,38-40H2,1-6H3. The van der Waals surface area contributed by atoms with E-state index in [9.17, 15) is 24.0 Å². The zero-order chi connectivity index (χ0) is 38.6. The summed E-state index contributed by atoms with van der Waals surface area (Å²) >= 11 is 0. The Morgan fingerprint density at radius 1 is 0.846 bits per heavy atom. The number of ether oxygens (including phenoxy) is 1. The van der Waals surface area contributed by atoms with Crippen LogP contribution in [0.5, 0.6) is 5.75 Å². The largest absolute Gasteiger partial charge is 0.497 e. The first-order valence-electron chi connectivity index (χ1n) is 16.8. The summed E-state index contributed by atoms with van der Waals surface area (Å²) in [5.74, 6) is 15.8. The molecule has 3 rings (SSSR count). The summed E-state index contributed by atoms with van der Waals surface area (Å²) in [6.45, 7) is 8.70. The van der Waals surface area contributed by atoms with Gasteiger partial charge in [-0.2, -0.15) is 5.90 Å². The van der Waals surface area contributed by atoms with E-state index in [1.54, 1.807) is 68.4 Å². The Morgan fingerprint density at radius 3 is 2.13 bits per heavy atom. The molecule has 52 heavy (non-hydrogen) atoms. The van der Waals surface area contributed by atoms with E-state index in [1.807, 2.05) is 32.9 Å². The normalized spacial score (nSPS) is 11.0. The summed E-state index contributed by atoms with van der Waals surface area (Å²) in [7, 11) is 1.47. The topological polar surface area (TPSA) is 207 Å². The number of methoxy groups -OCH3 is 1. The Kier molecular flexibility index (Phi) is 14.7. The molecule has 0 unspecified atom stereocenters. The Morgan fingerprint density at radius 2 is 1.52 bits per heavy atom. The number of Topliss-reactive ketones (excluding diaryl/α,β-unsaturated/α-hetero) is 1. The number of rotatable bonds is 17. The van der Waals surface area contributed by atoms with Crippen LogP contribution in [0.25, 0.3) is 0 Å². The van der Waals surface area contributed by atoms with Gasteiger partial charge in [-0.05, 0) is 87.2 Å².